The normalized spacial score (nSPS) is 19.6. The summed E-state index contributed by atoms with van der Waals surface area (Å²) in [4.78, 5) is 12.3. The van der Waals surface area contributed by atoms with Gasteiger partial charge in [-0.3, -0.25) is 4.79 Å². The molecule has 0 aromatic heterocycles. The van der Waals surface area contributed by atoms with Crippen LogP contribution >= 0.6 is 0 Å². The Labute approximate surface area is 153 Å². The molecule has 0 unspecified atom stereocenters. The van der Waals surface area contributed by atoms with Crippen molar-refractivity contribution in [3.05, 3.63) is 54.1 Å². The third-order valence-corrected chi connectivity index (χ3v) is 4.29. The fraction of sp³-hybridized carbons (Fsp3) is 0.350. The van der Waals surface area contributed by atoms with Crippen LogP contribution in [0.3, 0.4) is 0 Å². The van der Waals surface area contributed by atoms with Crippen LogP contribution in [0.15, 0.2) is 48.5 Å². The Kier molecular flexibility index (Phi) is 6.09. The van der Waals surface area contributed by atoms with Gasteiger partial charge in [-0.1, -0.05) is 24.3 Å². The summed E-state index contributed by atoms with van der Waals surface area (Å²) < 4.78 is 16.6. The summed E-state index contributed by atoms with van der Waals surface area (Å²) in [5.74, 6) is 2.00. The zero-order valence-corrected chi connectivity index (χ0v) is 15.0. The average molecular weight is 356 g/mol. The van der Waals surface area contributed by atoms with Crippen LogP contribution < -0.4 is 20.1 Å². The number of rotatable bonds is 6. The minimum absolute atomic E-state index is 0.0495. The van der Waals surface area contributed by atoms with Gasteiger partial charge in [0.1, 0.15) is 11.8 Å². The summed E-state index contributed by atoms with van der Waals surface area (Å²) >= 11 is 0. The lowest BCUT2D eigenvalue weighted by Gasteiger charge is -2.29. The summed E-state index contributed by atoms with van der Waals surface area (Å²) in [5, 5.41) is 6.13. The van der Waals surface area contributed by atoms with Crippen molar-refractivity contribution in [2.24, 2.45) is 0 Å². The van der Waals surface area contributed by atoms with Crippen molar-refractivity contribution in [2.75, 3.05) is 20.3 Å². The molecule has 0 radical (unpaired) electrons. The van der Waals surface area contributed by atoms with E-state index < -0.39 is 0 Å². The van der Waals surface area contributed by atoms with E-state index in [1.807, 2.05) is 55.5 Å². The molecule has 6 heteroatoms. The van der Waals surface area contributed by atoms with Crippen molar-refractivity contribution in [3.8, 4) is 17.2 Å². The molecule has 2 aromatic rings. The second-order valence-electron chi connectivity index (χ2n) is 6.12. The van der Waals surface area contributed by atoms with Gasteiger partial charge in [-0.2, -0.15) is 0 Å². The summed E-state index contributed by atoms with van der Waals surface area (Å²) in [5.41, 5.74) is 0.995. The summed E-state index contributed by atoms with van der Waals surface area (Å²) in [7, 11) is 1.61. The predicted molar refractivity (Wildman–Crippen MR) is 98.6 cm³/mol. The van der Waals surface area contributed by atoms with Crippen molar-refractivity contribution in [2.45, 2.75) is 25.6 Å². The highest BCUT2D eigenvalue weighted by molar-refractivity contribution is 5.82. The number of hydrogen-bond acceptors (Lipinski definition) is 5. The van der Waals surface area contributed by atoms with Gasteiger partial charge < -0.3 is 24.8 Å². The number of methoxy groups -OCH3 is 1. The molecule has 1 aliphatic rings. The maximum atomic E-state index is 12.3. The lowest BCUT2D eigenvalue weighted by molar-refractivity contribution is -0.129. The van der Waals surface area contributed by atoms with Crippen molar-refractivity contribution >= 4 is 5.91 Å². The van der Waals surface area contributed by atoms with E-state index in [2.05, 4.69) is 10.6 Å². The SMILES string of the molecule is COc1ccccc1Oc1ccc(CNC(=O)[C@H]2NCCO[C@@H]2C)cc1. The quantitative estimate of drug-likeness (QED) is 0.832. The Balaban J connectivity index is 1.55. The molecule has 1 heterocycles. The first-order valence-corrected chi connectivity index (χ1v) is 8.70. The lowest BCUT2D eigenvalue weighted by Crippen LogP contribution is -2.55. The van der Waals surface area contributed by atoms with Crippen LogP contribution in [0.4, 0.5) is 0 Å². The van der Waals surface area contributed by atoms with Crippen LogP contribution in [-0.4, -0.2) is 38.3 Å². The number of para-hydroxylation sites is 2. The molecule has 138 valence electrons. The van der Waals surface area contributed by atoms with Gasteiger partial charge >= 0.3 is 0 Å². The molecule has 3 rings (SSSR count). The standard InChI is InChI=1S/C20H24N2O4/c1-14-19(21-11-12-25-14)20(23)22-13-15-7-9-16(10-8-15)26-18-6-4-3-5-17(18)24-2/h3-10,14,19,21H,11-13H2,1-2H3,(H,22,23)/t14-,19+/m1/s1. The average Bonchev–Trinajstić information content (AvgIpc) is 2.68. The molecule has 1 amide bonds. The second kappa shape index (κ2) is 8.69. The first-order valence-electron chi connectivity index (χ1n) is 8.70. The highest BCUT2D eigenvalue weighted by atomic mass is 16.5. The van der Waals surface area contributed by atoms with E-state index in [1.165, 1.54) is 0 Å². The zero-order valence-electron chi connectivity index (χ0n) is 15.0. The van der Waals surface area contributed by atoms with Crippen LogP contribution in [-0.2, 0) is 16.1 Å². The minimum atomic E-state index is -0.308. The van der Waals surface area contributed by atoms with E-state index in [0.29, 0.717) is 36.9 Å². The molecule has 0 bridgehead atoms. The minimum Gasteiger partial charge on any atom is -0.493 e. The molecular weight excluding hydrogens is 332 g/mol. The van der Waals surface area contributed by atoms with Gasteiger partial charge in [0.2, 0.25) is 5.91 Å². The van der Waals surface area contributed by atoms with Gasteiger partial charge in [0.15, 0.2) is 11.5 Å². The molecule has 0 aliphatic carbocycles. The van der Waals surface area contributed by atoms with Gasteiger partial charge in [0.05, 0.1) is 19.8 Å². The number of morpholine rings is 1. The van der Waals surface area contributed by atoms with Crippen molar-refractivity contribution in [1.29, 1.82) is 0 Å². The first-order chi connectivity index (χ1) is 12.7. The Hall–Kier alpha value is -2.57. The van der Waals surface area contributed by atoms with Crippen LogP contribution in [0, 0.1) is 0 Å². The topological polar surface area (TPSA) is 68.8 Å². The van der Waals surface area contributed by atoms with Crippen LogP contribution in [0.2, 0.25) is 0 Å². The molecule has 2 aromatic carbocycles. The summed E-state index contributed by atoms with van der Waals surface area (Å²) in [6.45, 7) is 3.69. The predicted octanol–water partition coefficient (Wildman–Crippen LogP) is 2.48. The van der Waals surface area contributed by atoms with Crippen molar-refractivity contribution in [3.63, 3.8) is 0 Å². The van der Waals surface area contributed by atoms with Crippen LogP contribution in [0.1, 0.15) is 12.5 Å². The molecule has 26 heavy (non-hydrogen) atoms. The zero-order chi connectivity index (χ0) is 18.4. The van der Waals surface area contributed by atoms with Gasteiger partial charge in [-0.05, 0) is 36.8 Å². The van der Waals surface area contributed by atoms with Crippen LogP contribution in [0.25, 0.3) is 0 Å². The molecule has 1 aliphatic heterocycles. The van der Waals surface area contributed by atoms with E-state index >= 15 is 0 Å². The first kappa shape index (κ1) is 18.2. The number of carbonyl (C=O) groups excluding carboxylic acids is 1. The number of hydrogen-bond donors (Lipinski definition) is 2. The highest BCUT2D eigenvalue weighted by Crippen LogP contribution is 2.30. The second-order valence-corrected chi connectivity index (χ2v) is 6.12. The molecule has 6 nitrogen and oxygen atoms in total. The third-order valence-electron chi connectivity index (χ3n) is 4.29. The Morgan fingerprint density at radius 2 is 1.92 bits per heavy atom. The third kappa shape index (κ3) is 4.53. The maximum Gasteiger partial charge on any atom is 0.240 e. The van der Waals surface area contributed by atoms with Gasteiger partial charge in [-0.25, -0.2) is 0 Å². The fourth-order valence-corrected chi connectivity index (χ4v) is 2.83. The Bertz CT molecular complexity index is 733. The fourth-order valence-electron chi connectivity index (χ4n) is 2.83. The number of carbonyl (C=O) groups is 1. The number of nitrogens with one attached hydrogen (secondary N) is 2. The van der Waals surface area contributed by atoms with Gasteiger partial charge in [0, 0.05) is 13.1 Å². The monoisotopic (exact) mass is 356 g/mol. The largest absolute Gasteiger partial charge is 0.493 e. The molecule has 1 fully saturated rings. The van der Waals surface area contributed by atoms with E-state index in [0.717, 1.165) is 5.56 Å². The van der Waals surface area contributed by atoms with E-state index in [1.54, 1.807) is 7.11 Å². The summed E-state index contributed by atoms with van der Waals surface area (Å²) in [6.07, 6.45) is -0.125. The molecule has 2 N–H and O–H groups in total. The number of ether oxygens (including phenoxy) is 3. The summed E-state index contributed by atoms with van der Waals surface area (Å²) in [6, 6.07) is 14.8. The lowest BCUT2D eigenvalue weighted by atomic mass is 10.1. The van der Waals surface area contributed by atoms with Gasteiger partial charge in [0.25, 0.3) is 0 Å². The number of amides is 1. The molecular formula is C20H24N2O4. The van der Waals surface area contributed by atoms with Crippen molar-refractivity contribution < 1.29 is 19.0 Å². The molecule has 0 saturated carbocycles. The molecule has 2 atom stereocenters. The smallest absolute Gasteiger partial charge is 0.240 e. The van der Waals surface area contributed by atoms with Gasteiger partial charge in [-0.15, -0.1) is 0 Å². The van der Waals surface area contributed by atoms with E-state index in [-0.39, 0.29) is 18.1 Å². The molecule has 0 spiro atoms. The number of benzene rings is 2. The maximum absolute atomic E-state index is 12.3. The Morgan fingerprint density at radius 1 is 1.19 bits per heavy atom. The Morgan fingerprint density at radius 3 is 2.62 bits per heavy atom. The van der Waals surface area contributed by atoms with Crippen molar-refractivity contribution in [1.82, 2.24) is 10.6 Å². The molecule has 1 saturated heterocycles. The van der Waals surface area contributed by atoms with Crippen LogP contribution in [0.5, 0.6) is 17.2 Å². The van der Waals surface area contributed by atoms with E-state index in [4.69, 9.17) is 14.2 Å². The van der Waals surface area contributed by atoms with E-state index in [9.17, 15) is 4.79 Å². The highest BCUT2D eigenvalue weighted by Gasteiger charge is 2.27.